The first-order valence-corrected chi connectivity index (χ1v) is 8.99. The van der Waals surface area contributed by atoms with E-state index in [1.165, 1.54) is 0 Å². The number of aromatic nitrogens is 2. The average molecular weight is 358 g/mol. The van der Waals surface area contributed by atoms with Crippen LogP contribution in [-0.2, 0) is 11.2 Å². The molecule has 2 unspecified atom stereocenters. The second-order valence-corrected chi connectivity index (χ2v) is 7.21. The molecule has 1 aliphatic heterocycles. The fraction of sp³-hybridized carbons (Fsp3) is 0.474. The van der Waals surface area contributed by atoms with Crippen molar-refractivity contribution < 1.29 is 13.9 Å². The van der Waals surface area contributed by atoms with E-state index in [4.69, 9.17) is 10.5 Å². The Morgan fingerprint density at radius 2 is 2.15 bits per heavy atom. The first-order chi connectivity index (χ1) is 12.5. The third kappa shape index (κ3) is 2.91. The highest BCUT2D eigenvalue weighted by molar-refractivity contribution is 5.80. The number of anilines is 1. The number of nitrogens with two attached hydrogens (primary N) is 1. The Bertz CT molecular complexity index is 846. The third-order valence-electron chi connectivity index (χ3n) is 5.37. The Morgan fingerprint density at radius 1 is 1.38 bits per heavy atom. The molecule has 7 heteroatoms. The first-order valence-electron chi connectivity index (χ1n) is 8.99. The van der Waals surface area contributed by atoms with Gasteiger partial charge in [0.1, 0.15) is 5.75 Å². The van der Waals surface area contributed by atoms with Crippen molar-refractivity contribution in [3.63, 3.8) is 0 Å². The molecule has 0 bridgehead atoms. The fourth-order valence-corrected chi connectivity index (χ4v) is 3.51. The van der Waals surface area contributed by atoms with Gasteiger partial charge in [-0.3, -0.25) is 9.48 Å². The van der Waals surface area contributed by atoms with Crippen LogP contribution < -0.4 is 15.4 Å². The monoisotopic (exact) mass is 358 g/mol. The number of hydrogen-bond donors (Lipinski definition) is 1. The summed E-state index contributed by atoms with van der Waals surface area (Å²) in [7, 11) is 2.01. The highest BCUT2D eigenvalue weighted by atomic mass is 19.1. The van der Waals surface area contributed by atoms with E-state index in [0.717, 1.165) is 48.1 Å². The van der Waals surface area contributed by atoms with Crippen molar-refractivity contribution in [1.29, 1.82) is 0 Å². The number of primary amides is 1. The maximum atomic E-state index is 14.1. The molecule has 26 heavy (non-hydrogen) atoms. The third-order valence-corrected chi connectivity index (χ3v) is 5.37. The van der Waals surface area contributed by atoms with Gasteiger partial charge in [0.2, 0.25) is 0 Å². The molecule has 1 aromatic heterocycles. The molecular formula is C19H23FN4O2. The molecule has 2 N–H and O–H groups in total. The average Bonchev–Trinajstić information content (AvgIpc) is 3.36. The van der Waals surface area contributed by atoms with E-state index in [9.17, 15) is 9.18 Å². The molecule has 1 saturated carbocycles. The lowest BCUT2D eigenvalue weighted by atomic mass is 9.93. The van der Waals surface area contributed by atoms with Gasteiger partial charge >= 0.3 is 6.36 Å². The topological polar surface area (TPSA) is 73.4 Å². The van der Waals surface area contributed by atoms with Crippen LogP contribution in [0.2, 0.25) is 0 Å². The van der Waals surface area contributed by atoms with Gasteiger partial charge in [-0.25, -0.2) is 0 Å². The molecule has 1 fully saturated rings. The molecule has 2 heterocycles. The van der Waals surface area contributed by atoms with Crippen LogP contribution in [0.4, 0.5) is 10.1 Å². The Hall–Kier alpha value is -2.57. The highest BCUT2D eigenvalue weighted by Gasteiger charge is 2.29. The number of halogens is 1. The van der Waals surface area contributed by atoms with Crippen LogP contribution >= 0.6 is 0 Å². The number of hydrogen-bond acceptors (Lipinski definition) is 4. The Labute approximate surface area is 151 Å². The maximum Gasteiger partial charge on any atom is 0.316 e. The summed E-state index contributed by atoms with van der Waals surface area (Å²) in [6, 6.07) is 4.78. The van der Waals surface area contributed by atoms with Crippen molar-refractivity contribution >= 4 is 11.6 Å². The number of carbonyl (C=O) groups excluding carboxylic acids is 1. The number of fused-ring (bicyclic) bond motifs is 1. The molecule has 2 atom stereocenters. The Kier molecular flexibility index (Phi) is 4.09. The molecule has 1 amide bonds. The van der Waals surface area contributed by atoms with E-state index in [1.54, 1.807) is 6.20 Å². The Balaban J connectivity index is 1.80. The van der Waals surface area contributed by atoms with Crippen LogP contribution in [0.3, 0.4) is 0 Å². The number of ether oxygens (including phenoxy) is 1. The summed E-state index contributed by atoms with van der Waals surface area (Å²) in [5.41, 5.74) is 8.58. The second-order valence-electron chi connectivity index (χ2n) is 7.21. The van der Waals surface area contributed by atoms with Gasteiger partial charge in [-0.05, 0) is 44.7 Å². The predicted octanol–water partition coefficient (Wildman–Crippen LogP) is 2.82. The van der Waals surface area contributed by atoms with Crippen LogP contribution in [0, 0.1) is 0 Å². The smallest absolute Gasteiger partial charge is 0.316 e. The summed E-state index contributed by atoms with van der Waals surface area (Å²) < 4.78 is 21.4. The molecule has 2 aliphatic rings. The summed E-state index contributed by atoms with van der Waals surface area (Å²) in [6.45, 7) is 2.15. The van der Waals surface area contributed by atoms with Gasteiger partial charge in [0.05, 0.1) is 12.2 Å². The summed E-state index contributed by atoms with van der Waals surface area (Å²) in [5.74, 6) is -0.734. The van der Waals surface area contributed by atoms with Gasteiger partial charge in [-0.15, -0.1) is 0 Å². The zero-order valence-electron chi connectivity index (χ0n) is 15.0. The second kappa shape index (κ2) is 6.30. The molecule has 0 saturated heterocycles. The van der Waals surface area contributed by atoms with E-state index in [0.29, 0.717) is 17.8 Å². The van der Waals surface area contributed by atoms with Crippen LogP contribution in [-0.4, -0.2) is 35.1 Å². The summed E-state index contributed by atoms with van der Waals surface area (Å²) >= 11 is 0. The zero-order valence-corrected chi connectivity index (χ0v) is 15.0. The predicted molar refractivity (Wildman–Crippen MR) is 96.8 cm³/mol. The van der Waals surface area contributed by atoms with Gasteiger partial charge in [0, 0.05) is 41.7 Å². The van der Waals surface area contributed by atoms with Gasteiger partial charge < -0.3 is 15.4 Å². The number of amides is 1. The lowest BCUT2D eigenvalue weighted by Crippen LogP contribution is -2.35. The van der Waals surface area contributed by atoms with Gasteiger partial charge in [-0.2, -0.15) is 9.49 Å². The van der Waals surface area contributed by atoms with E-state index in [1.807, 2.05) is 30.1 Å². The minimum atomic E-state index is -2.18. The maximum absolute atomic E-state index is 14.1. The molecule has 6 nitrogen and oxygen atoms in total. The van der Waals surface area contributed by atoms with Gasteiger partial charge in [0.25, 0.3) is 5.91 Å². The summed E-state index contributed by atoms with van der Waals surface area (Å²) in [5, 5.41) is 4.41. The lowest BCUT2D eigenvalue weighted by molar-refractivity contribution is -0.131. The SMILES string of the molecule is CC1CCc2c(ccc(-c3cnn(C4CC4)c3)c2OC(F)C(N)=O)N1C. The highest BCUT2D eigenvalue weighted by Crippen LogP contribution is 2.43. The molecule has 138 valence electrons. The number of alkyl halides is 1. The van der Waals surface area contributed by atoms with Gasteiger partial charge in [-0.1, -0.05) is 0 Å². The molecule has 1 aliphatic carbocycles. The van der Waals surface area contributed by atoms with Crippen molar-refractivity contribution in [2.75, 3.05) is 11.9 Å². The van der Waals surface area contributed by atoms with Crippen LogP contribution in [0.1, 0.15) is 37.8 Å². The molecule has 2 aromatic rings. The number of carbonyl (C=O) groups is 1. The Morgan fingerprint density at radius 3 is 2.85 bits per heavy atom. The molecule has 0 spiro atoms. The zero-order chi connectivity index (χ0) is 18.4. The summed E-state index contributed by atoms with van der Waals surface area (Å²) in [6.07, 6.45) is 5.49. The molecular weight excluding hydrogens is 335 g/mol. The first kappa shape index (κ1) is 16.9. The standard InChI is InChI=1S/C19H23FN4O2/c1-11-3-6-15-16(23(11)2)8-7-14(17(15)26-18(20)19(21)25)12-9-22-24(10-12)13-4-5-13/h7-11,13,18H,3-6H2,1-2H3,(H2,21,25). The van der Waals surface area contributed by atoms with Crippen molar-refractivity contribution in [1.82, 2.24) is 9.78 Å². The lowest BCUT2D eigenvalue weighted by Gasteiger charge is -2.35. The van der Waals surface area contributed by atoms with Crippen LogP contribution in [0.25, 0.3) is 11.1 Å². The largest absolute Gasteiger partial charge is 0.451 e. The van der Waals surface area contributed by atoms with Crippen molar-refractivity contribution in [2.45, 2.75) is 51.0 Å². The summed E-state index contributed by atoms with van der Waals surface area (Å²) in [4.78, 5) is 13.4. The minimum absolute atomic E-state index is 0.385. The van der Waals surface area contributed by atoms with Crippen molar-refractivity contribution in [2.24, 2.45) is 5.73 Å². The number of rotatable bonds is 5. The molecule has 0 radical (unpaired) electrons. The van der Waals surface area contributed by atoms with E-state index in [2.05, 4.69) is 16.9 Å². The van der Waals surface area contributed by atoms with E-state index >= 15 is 0 Å². The van der Waals surface area contributed by atoms with E-state index < -0.39 is 12.3 Å². The van der Waals surface area contributed by atoms with E-state index in [-0.39, 0.29) is 0 Å². The molecule has 1 aromatic carbocycles. The van der Waals surface area contributed by atoms with Crippen molar-refractivity contribution in [3.05, 3.63) is 30.1 Å². The normalized spacial score (nSPS) is 20.6. The number of benzene rings is 1. The minimum Gasteiger partial charge on any atom is -0.451 e. The van der Waals surface area contributed by atoms with Gasteiger partial charge in [0.15, 0.2) is 0 Å². The van der Waals surface area contributed by atoms with Crippen molar-refractivity contribution in [3.8, 4) is 16.9 Å². The number of nitrogens with zero attached hydrogens (tertiary/aromatic N) is 3. The van der Waals surface area contributed by atoms with Crippen LogP contribution in [0.5, 0.6) is 5.75 Å². The fourth-order valence-electron chi connectivity index (χ4n) is 3.51. The molecule has 4 rings (SSSR count). The quantitative estimate of drug-likeness (QED) is 0.892. The van der Waals surface area contributed by atoms with Crippen LogP contribution in [0.15, 0.2) is 24.5 Å².